The molecule has 4 rings (SSSR count). The first-order valence-corrected chi connectivity index (χ1v) is 9.40. The summed E-state index contributed by atoms with van der Waals surface area (Å²) < 4.78 is 63.5. The van der Waals surface area contributed by atoms with Crippen LogP contribution in [0, 0.1) is 17.1 Å². The molecule has 8 heteroatoms. The number of aromatic nitrogens is 2. The van der Waals surface area contributed by atoms with Gasteiger partial charge in [-0.25, -0.2) is 14.4 Å². The predicted octanol–water partition coefficient (Wildman–Crippen LogP) is 4.43. The van der Waals surface area contributed by atoms with Gasteiger partial charge in [-0.3, -0.25) is 4.90 Å². The third-order valence-electron chi connectivity index (χ3n) is 4.22. The average Bonchev–Trinajstić information content (AvgIpc) is 3.11. The second-order valence-electron chi connectivity index (χ2n) is 5.99. The van der Waals surface area contributed by atoms with E-state index in [4.69, 9.17) is 25.1 Å². The molecule has 1 unspecified atom stereocenters. The minimum atomic E-state index is -1.22. The molecule has 1 fully saturated rings. The number of nitriles is 1. The Balaban J connectivity index is 1.55. The van der Waals surface area contributed by atoms with Crippen molar-refractivity contribution in [3.05, 3.63) is 51.8 Å². The molecule has 1 saturated heterocycles. The molecule has 0 bridgehead atoms. The number of thiophene rings is 1. The maximum absolute atomic E-state index is 14.1. The molecule has 1 N–H and O–H groups in total. The third-order valence-corrected chi connectivity index (χ3v) is 5.33. The first-order valence-electron chi connectivity index (χ1n) is 11.2. The molecule has 2 aromatic heterocycles. The quantitative estimate of drug-likeness (QED) is 0.692. The van der Waals surface area contributed by atoms with E-state index in [0.717, 1.165) is 11.3 Å². The molecule has 1 atom stereocenters. The van der Waals surface area contributed by atoms with Crippen molar-refractivity contribution in [1.29, 1.82) is 5.26 Å². The second kappa shape index (κ2) is 7.77. The molecule has 1 aliphatic heterocycles. The number of hydrogen-bond acceptors (Lipinski definition) is 6. The van der Waals surface area contributed by atoms with Gasteiger partial charge in [-0.2, -0.15) is 5.26 Å². The number of nitrogens with one attached hydrogen (secondary N) is 1. The Morgan fingerprint density at radius 2 is 2.26 bits per heavy atom. The highest BCUT2D eigenvalue weighted by Crippen LogP contribution is 2.32. The number of halogens is 2. The molecule has 0 amide bonds. The van der Waals surface area contributed by atoms with Gasteiger partial charge in [0, 0.05) is 27.0 Å². The highest BCUT2D eigenvalue weighted by molar-refractivity contribution is 7.22. The summed E-state index contributed by atoms with van der Waals surface area (Å²) in [5, 5.41) is 10.8. The van der Waals surface area contributed by atoms with Crippen LogP contribution in [0.15, 0.2) is 30.5 Å². The SMILES string of the molecule is [2H]c1c([2H])c(C([2H])N2CCC(N([2H])c3ncnc4sc(Cl)c([2H])c34)CC2)c([2H])c(C#N)c1F. The van der Waals surface area contributed by atoms with Gasteiger partial charge >= 0.3 is 0 Å². The zero-order chi connectivity index (χ0) is 24.0. The van der Waals surface area contributed by atoms with Gasteiger partial charge in [0.25, 0.3) is 0 Å². The lowest BCUT2D eigenvalue weighted by Gasteiger charge is -2.32. The average molecular weight is 408 g/mol. The number of nitrogens with zero attached hydrogens (tertiary/aromatic N) is 4. The van der Waals surface area contributed by atoms with Gasteiger partial charge in [0.15, 0.2) is 1.41 Å². The Labute approximate surface area is 173 Å². The number of hydrogen-bond donors (Lipinski definition) is 1. The van der Waals surface area contributed by atoms with Crippen LogP contribution in [0.5, 0.6) is 0 Å². The minimum Gasteiger partial charge on any atom is -0.367 e. The summed E-state index contributed by atoms with van der Waals surface area (Å²) in [5.41, 5.74) is -0.813. The Morgan fingerprint density at radius 1 is 1.44 bits per heavy atom. The monoisotopic (exact) mass is 407 g/mol. The normalized spacial score (nSPS) is 20.0. The summed E-state index contributed by atoms with van der Waals surface area (Å²) in [6.45, 7) is -0.541. The van der Waals surface area contributed by atoms with Crippen molar-refractivity contribution in [3.8, 4) is 6.07 Å². The van der Waals surface area contributed by atoms with Crippen molar-refractivity contribution < 1.29 is 12.7 Å². The van der Waals surface area contributed by atoms with E-state index < -0.39 is 36.0 Å². The van der Waals surface area contributed by atoms with Crippen LogP contribution >= 0.6 is 22.9 Å². The Hall–Kier alpha value is -2.27. The molecule has 0 radical (unpaired) electrons. The second-order valence-corrected chi connectivity index (χ2v) is 7.59. The van der Waals surface area contributed by atoms with E-state index in [2.05, 4.69) is 9.97 Å². The van der Waals surface area contributed by atoms with Crippen molar-refractivity contribution in [1.82, 2.24) is 14.9 Å². The topological polar surface area (TPSA) is 64.8 Å². The van der Waals surface area contributed by atoms with Crippen LogP contribution in [0.1, 0.15) is 30.8 Å². The lowest BCUT2D eigenvalue weighted by molar-refractivity contribution is 0.211. The molecule has 3 aromatic rings. The van der Waals surface area contributed by atoms with Crippen molar-refractivity contribution in [2.75, 3.05) is 18.4 Å². The molecular formula is C19H17ClFN5S. The highest BCUT2D eigenvalue weighted by Gasteiger charge is 2.21. The van der Waals surface area contributed by atoms with Gasteiger partial charge in [0.2, 0.25) is 0 Å². The van der Waals surface area contributed by atoms with Crippen molar-refractivity contribution in [2.45, 2.75) is 25.4 Å². The van der Waals surface area contributed by atoms with Crippen molar-refractivity contribution in [2.24, 2.45) is 0 Å². The highest BCUT2D eigenvalue weighted by atomic mass is 35.5. The van der Waals surface area contributed by atoms with Crippen LogP contribution in [0.3, 0.4) is 0 Å². The minimum absolute atomic E-state index is 0.0786. The lowest BCUT2D eigenvalue weighted by Crippen LogP contribution is -2.38. The summed E-state index contributed by atoms with van der Waals surface area (Å²) in [4.78, 5) is 10.5. The van der Waals surface area contributed by atoms with E-state index in [1.807, 2.05) is 0 Å². The summed E-state index contributed by atoms with van der Waals surface area (Å²) in [5.74, 6) is -0.933. The van der Waals surface area contributed by atoms with E-state index in [1.54, 1.807) is 11.0 Å². The molecule has 0 spiro atoms. The van der Waals surface area contributed by atoms with E-state index in [1.165, 1.54) is 11.6 Å². The smallest absolute Gasteiger partial charge is 0.162 e. The molecule has 5 nitrogen and oxygen atoms in total. The zero-order valence-electron chi connectivity index (χ0n) is 20.0. The number of fused-ring (bicyclic) bond motifs is 1. The van der Waals surface area contributed by atoms with Gasteiger partial charge < -0.3 is 5.31 Å². The maximum atomic E-state index is 14.1. The van der Waals surface area contributed by atoms with E-state index >= 15 is 0 Å². The number of rotatable bonds is 4. The molecule has 138 valence electrons. The fraction of sp³-hybridized carbons (Fsp3) is 0.316. The van der Waals surface area contributed by atoms with Gasteiger partial charge in [-0.05, 0) is 36.5 Å². The lowest BCUT2D eigenvalue weighted by atomic mass is 10.0. The van der Waals surface area contributed by atoms with Crippen molar-refractivity contribution in [3.63, 3.8) is 0 Å². The molecule has 0 saturated carbocycles. The predicted molar refractivity (Wildman–Crippen MR) is 105 cm³/mol. The van der Waals surface area contributed by atoms with E-state index in [-0.39, 0.29) is 27.8 Å². The number of piperidine rings is 1. The van der Waals surface area contributed by atoms with Crippen LogP contribution in [0.25, 0.3) is 10.2 Å². The zero-order valence-corrected chi connectivity index (χ0v) is 15.5. The molecule has 0 aliphatic carbocycles. The number of benzene rings is 1. The maximum Gasteiger partial charge on any atom is 0.162 e. The van der Waals surface area contributed by atoms with Gasteiger partial charge in [-0.1, -0.05) is 17.6 Å². The fourth-order valence-electron chi connectivity index (χ4n) is 2.90. The van der Waals surface area contributed by atoms with Gasteiger partial charge in [0.05, 0.1) is 20.8 Å². The van der Waals surface area contributed by atoms with Crippen LogP contribution < -0.4 is 5.31 Å². The van der Waals surface area contributed by atoms with Gasteiger partial charge in [-0.15, -0.1) is 11.3 Å². The van der Waals surface area contributed by atoms with Crippen LogP contribution in [0.4, 0.5) is 10.2 Å². The fourth-order valence-corrected chi connectivity index (χ4v) is 3.88. The summed E-state index contributed by atoms with van der Waals surface area (Å²) in [6, 6.07) is -0.543. The first-order chi connectivity index (χ1) is 15.7. The third kappa shape index (κ3) is 4.03. The Kier molecular flexibility index (Phi) is 3.52. The Bertz CT molecular complexity index is 1280. The summed E-state index contributed by atoms with van der Waals surface area (Å²) in [6.07, 6.45) is 2.23. The standard InChI is InChI=1S/C19H17ClFN5S/c20-17-8-15-18(23-11-24-19(15)27-17)25-14-3-5-26(6-4-14)10-12-1-2-16(21)13(7-12)9-22/h1-2,7-8,11,14H,3-6,10H2,(H,23,24,25)/i1D,2D,7D,8D,10D/hD. The summed E-state index contributed by atoms with van der Waals surface area (Å²) >= 11 is 7.21. The largest absolute Gasteiger partial charge is 0.367 e. The molecular weight excluding hydrogens is 385 g/mol. The molecule has 1 aromatic carbocycles. The molecule has 27 heavy (non-hydrogen) atoms. The van der Waals surface area contributed by atoms with Gasteiger partial charge in [0.1, 0.15) is 28.9 Å². The molecule has 1 aliphatic rings. The Morgan fingerprint density at radius 3 is 3.04 bits per heavy atom. The summed E-state index contributed by atoms with van der Waals surface area (Å²) in [7, 11) is 0. The van der Waals surface area contributed by atoms with Crippen LogP contribution in [-0.2, 0) is 6.52 Å². The molecule has 3 heterocycles. The van der Waals surface area contributed by atoms with Crippen LogP contribution in [-0.4, -0.2) is 34.0 Å². The van der Waals surface area contributed by atoms with E-state index in [9.17, 15) is 4.39 Å². The number of likely N-dealkylation sites (tertiary alicyclic amines) is 1. The van der Waals surface area contributed by atoms with Crippen molar-refractivity contribution >= 4 is 39.0 Å². The number of anilines is 1. The van der Waals surface area contributed by atoms with Crippen LogP contribution in [0.2, 0.25) is 5.75 Å². The first kappa shape index (κ1) is 12.2. The van der Waals surface area contributed by atoms with E-state index in [0.29, 0.717) is 36.1 Å².